The van der Waals surface area contributed by atoms with Crippen LogP contribution in [0.2, 0.25) is 0 Å². The summed E-state index contributed by atoms with van der Waals surface area (Å²) < 4.78 is 11.2. The summed E-state index contributed by atoms with van der Waals surface area (Å²) >= 11 is 0. The zero-order valence-corrected chi connectivity index (χ0v) is 21.1. The van der Waals surface area contributed by atoms with Crippen molar-refractivity contribution in [3.63, 3.8) is 0 Å². The van der Waals surface area contributed by atoms with Crippen molar-refractivity contribution < 1.29 is 24.0 Å². The fourth-order valence-electron chi connectivity index (χ4n) is 4.45. The molecule has 3 aromatic rings. The van der Waals surface area contributed by atoms with Crippen molar-refractivity contribution in [1.82, 2.24) is 20.4 Å². The molecule has 192 valence electrons. The Morgan fingerprint density at radius 1 is 1.30 bits per heavy atom. The van der Waals surface area contributed by atoms with E-state index in [1.54, 1.807) is 18.2 Å². The predicted molar refractivity (Wildman–Crippen MR) is 135 cm³/mol. The van der Waals surface area contributed by atoms with E-state index in [1.165, 1.54) is 5.56 Å². The number of amides is 2. The van der Waals surface area contributed by atoms with Crippen LogP contribution in [0.1, 0.15) is 48.9 Å². The highest BCUT2D eigenvalue weighted by Crippen LogP contribution is 2.32. The minimum Gasteiger partial charge on any atom is -0.490 e. The van der Waals surface area contributed by atoms with E-state index >= 15 is 0 Å². The number of nitriles is 1. The maximum absolute atomic E-state index is 12.6. The zero-order chi connectivity index (χ0) is 26.5. The molecule has 0 saturated carbocycles. The van der Waals surface area contributed by atoms with Crippen LogP contribution in [0.3, 0.4) is 0 Å². The summed E-state index contributed by atoms with van der Waals surface area (Å²) in [6, 6.07) is 11.3. The standard InChI is InChI=1S/C27H29N5O5/c1-16(2)36-23-9-7-18(13-20(23)14-28)26-30-25(31-37-26)22-8-6-19-15-32(12-10-21(19)17(22)3)24(33)5-4-11-29-27(34)35/h6-9,13,16,29H,4-5,10-12,15H2,1-3H3,(H,34,35). The van der Waals surface area contributed by atoms with Gasteiger partial charge in [-0.1, -0.05) is 17.3 Å². The summed E-state index contributed by atoms with van der Waals surface area (Å²) in [5.74, 6) is 1.30. The Labute approximate surface area is 214 Å². The van der Waals surface area contributed by atoms with Gasteiger partial charge in [-0.2, -0.15) is 10.2 Å². The largest absolute Gasteiger partial charge is 0.490 e. The van der Waals surface area contributed by atoms with E-state index in [4.69, 9.17) is 14.4 Å². The van der Waals surface area contributed by atoms with Crippen molar-refractivity contribution in [3.8, 4) is 34.7 Å². The average Bonchev–Trinajstić information content (AvgIpc) is 3.36. The molecular weight excluding hydrogens is 474 g/mol. The third-order valence-corrected chi connectivity index (χ3v) is 6.26. The third kappa shape index (κ3) is 5.89. The predicted octanol–water partition coefficient (Wildman–Crippen LogP) is 4.30. The van der Waals surface area contributed by atoms with Crippen LogP contribution in [0, 0.1) is 18.3 Å². The Morgan fingerprint density at radius 3 is 2.84 bits per heavy atom. The normalized spacial score (nSPS) is 12.7. The Hall–Kier alpha value is -4.39. The SMILES string of the molecule is Cc1c(-c2noc(-c3ccc(OC(C)C)c(C#N)c3)n2)ccc2c1CCN(C(=O)CCCNC(=O)O)C2. The second-order valence-corrected chi connectivity index (χ2v) is 9.19. The molecule has 37 heavy (non-hydrogen) atoms. The molecular formula is C27H29N5O5. The number of nitrogens with zero attached hydrogens (tertiary/aromatic N) is 4. The van der Waals surface area contributed by atoms with E-state index in [9.17, 15) is 14.9 Å². The third-order valence-electron chi connectivity index (χ3n) is 6.26. The molecule has 4 rings (SSSR count). The molecule has 0 atom stereocenters. The van der Waals surface area contributed by atoms with Crippen LogP contribution in [-0.2, 0) is 17.8 Å². The second kappa shape index (κ2) is 11.1. The summed E-state index contributed by atoms with van der Waals surface area (Å²) in [6.45, 7) is 7.19. The second-order valence-electron chi connectivity index (χ2n) is 9.19. The van der Waals surface area contributed by atoms with Gasteiger partial charge in [0.05, 0.1) is 11.7 Å². The number of nitrogens with one attached hydrogen (secondary N) is 1. The van der Waals surface area contributed by atoms with Gasteiger partial charge in [0, 0.05) is 37.2 Å². The number of aromatic nitrogens is 2. The first kappa shape index (κ1) is 25.7. The number of rotatable bonds is 8. The minimum atomic E-state index is -1.08. The summed E-state index contributed by atoms with van der Waals surface area (Å²) in [5, 5.41) is 24.6. The Bertz CT molecular complexity index is 1360. The van der Waals surface area contributed by atoms with Gasteiger partial charge in [-0.05, 0) is 68.5 Å². The van der Waals surface area contributed by atoms with Crippen LogP contribution in [0.4, 0.5) is 4.79 Å². The summed E-state index contributed by atoms with van der Waals surface area (Å²) in [6.07, 6.45) is 0.347. The maximum Gasteiger partial charge on any atom is 0.404 e. The number of hydrogen-bond donors (Lipinski definition) is 2. The van der Waals surface area contributed by atoms with Crippen LogP contribution >= 0.6 is 0 Å². The highest BCUT2D eigenvalue weighted by molar-refractivity contribution is 5.77. The van der Waals surface area contributed by atoms with Crippen LogP contribution in [0.5, 0.6) is 5.75 Å². The zero-order valence-electron chi connectivity index (χ0n) is 21.1. The molecule has 1 aliphatic heterocycles. The number of carboxylic acid groups (broad SMARTS) is 1. The molecule has 2 aromatic carbocycles. The molecule has 0 saturated heterocycles. The highest BCUT2D eigenvalue weighted by Gasteiger charge is 2.24. The molecule has 10 nitrogen and oxygen atoms in total. The van der Waals surface area contributed by atoms with E-state index < -0.39 is 6.09 Å². The van der Waals surface area contributed by atoms with E-state index in [1.807, 2.05) is 37.8 Å². The summed E-state index contributed by atoms with van der Waals surface area (Å²) in [4.78, 5) is 29.5. The molecule has 0 radical (unpaired) electrons. The van der Waals surface area contributed by atoms with Gasteiger partial charge in [-0.3, -0.25) is 4.79 Å². The first-order chi connectivity index (χ1) is 17.8. The molecule has 0 bridgehead atoms. The van der Waals surface area contributed by atoms with Crippen molar-refractivity contribution in [2.45, 2.75) is 52.7 Å². The molecule has 1 aliphatic rings. The first-order valence-electron chi connectivity index (χ1n) is 12.2. The van der Waals surface area contributed by atoms with Crippen LogP contribution in [-0.4, -0.2) is 51.3 Å². The molecule has 2 heterocycles. The number of hydrogen-bond acceptors (Lipinski definition) is 7. The monoisotopic (exact) mass is 503 g/mol. The number of benzene rings is 2. The van der Waals surface area contributed by atoms with Crippen molar-refractivity contribution in [2.24, 2.45) is 0 Å². The maximum atomic E-state index is 12.6. The van der Waals surface area contributed by atoms with Gasteiger partial charge < -0.3 is 24.6 Å². The smallest absolute Gasteiger partial charge is 0.404 e. The van der Waals surface area contributed by atoms with E-state index in [0.29, 0.717) is 60.9 Å². The average molecular weight is 504 g/mol. The molecule has 0 spiro atoms. The molecule has 0 fully saturated rings. The molecule has 2 amide bonds. The summed E-state index contributed by atoms with van der Waals surface area (Å²) in [5.41, 5.74) is 5.17. The molecule has 1 aromatic heterocycles. The van der Waals surface area contributed by atoms with Gasteiger partial charge in [0.15, 0.2) is 0 Å². The minimum absolute atomic E-state index is 0.0175. The highest BCUT2D eigenvalue weighted by atomic mass is 16.5. The number of fused-ring (bicyclic) bond motifs is 1. The number of ether oxygens (including phenoxy) is 1. The number of carbonyl (C=O) groups excluding carboxylic acids is 1. The van der Waals surface area contributed by atoms with E-state index in [-0.39, 0.29) is 18.6 Å². The van der Waals surface area contributed by atoms with Gasteiger partial charge in [-0.25, -0.2) is 4.79 Å². The Kier molecular flexibility index (Phi) is 7.72. The molecule has 0 unspecified atom stereocenters. The lowest BCUT2D eigenvalue weighted by Gasteiger charge is -2.30. The van der Waals surface area contributed by atoms with Gasteiger partial charge >= 0.3 is 6.09 Å². The lowest BCUT2D eigenvalue weighted by molar-refractivity contribution is -0.132. The van der Waals surface area contributed by atoms with Crippen molar-refractivity contribution in [1.29, 1.82) is 5.26 Å². The molecule has 10 heteroatoms. The van der Waals surface area contributed by atoms with Crippen molar-refractivity contribution in [3.05, 3.63) is 52.6 Å². The van der Waals surface area contributed by atoms with Crippen LogP contribution in [0.25, 0.3) is 22.8 Å². The topological polar surface area (TPSA) is 142 Å². The van der Waals surface area contributed by atoms with Gasteiger partial charge in [-0.15, -0.1) is 0 Å². The Morgan fingerprint density at radius 2 is 2.11 bits per heavy atom. The fourth-order valence-corrected chi connectivity index (χ4v) is 4.45. The van der Waals surface area contributed by atoms with E-state index in [0.717, 1.165) is 16.7 Å². The lowest BCUT2D eigenvalue weighted by Crippen LogP contribution is -2.36. The summed E-state index contributed by atoms with van der Waals surface area (Å²) in [7, 11) is 0. The van der Waals surface area contributed by atoms with Crippen molar-refractivity contribution >= 4 is 12.0 Å². The lowest BCUT2D eigenvalue weighted by atomic mass is 9.91. The molecule has 2 N–H and O–H groups in total. The number of carbonyl (C=O) groups is 2. The quantitative estimate of drug-likeness (QED) is 0.433. The van der Waals surface area contributed by atoms with Gasteiger partial charge in [0.1, 0.15) is 11.8 Å². The van der Waals surface area contributed by atoms with Crippen LogP contribution < -0.4 is 10.1 Å². The van der Waals surface area contributed by atoms with Crippen molar-refractivity contribution in [2.75, 3.05) is 13.1 Å². The Balaban J connectivity index is 1.48. The van der Waals surface area contributed by atoms with Crippen LogP contribution in [0.15, 0.2) is 34.9 Å². The van der Waals surface area contributed by atoms with E-state index in [2.05, 4.69) is 21.5 Å². The fraction of sp³-hybridized carbons (Fsp3) is 0.370. The first-order valence-corrected chi connectivity index (χ1v) is 12.2. The van der Waals surface area contributed by atoms with Gasteiger partial charge in [0.25, 0.3) is 5.89 Å². The van der Waals surface area contributed by atoms with Gasteiger partial charge in [0.2, 0.25) is 11.7 Å². The molecule has 0 aliphatic carbocycles.